The Hall–Kier alpha value is -1.31. The van der Waals surface area contributed by atoms with Crippen LogP contribution in [0.25, 0.3) is 0 Å². The SMILES string of the molecule is CCCCCCCCCCC[C@H]1CC(=O)C[C@@H]1Oc1ccc(C(C)C)cc1. The second-order valence-corrected chi connectivity index (χ2v) is 8.70. The Balaban J connectivity index is 1.67. The fraction of sp³-hybridized carbons (Fsp3) is 0.720. The topological polar surface area (TPSA) is 26.3 Å². The van der Waals surface area contributed by atoms with Gasteiger partial charge in [-0.1, -0.05) is 90.7 Å². The first kappa shape index (κ1) is 22.0. The molecule has 2 nitrogen and oxygen atoms in total. The van der Waals surface area contributed by atoms with Gasteiger partial charge in [-0.3, -0.25) is 4.79 Å². The molecule has 2 atom stereocenters. The molecule has 152 valence electrons. The number of ketones is 1. The van der Waals surface area contributed by atoms with Crippen LogP contribution in [0, 0.1) is 5.92 Å². The molecule has 1 aliphatic carbocycles. The molecule has 1 aromatic rings. The Morgan fingerprint density at radius 3 is 2.07 bits per heavy atom. The average molecular weight is 373 g/mol. The normalized spacial score (nSPS) is 19.8. The first-order valence-electron chi connectivity index (χ1n) is 11.4. The third-order valence-electron chi connectivity index (χ3n) is 5.96. The molecule has 1 fully saturated rings. The van der Waals surface area contributed by atoms with Gasteiger partial charge in [0, 0.05) is 18.8 Å². The lowest BCUT2D eigenvalue weighted by molar-refractivity contribution is -0.117. The summed E-state index contributed by atoms with van der Waals surface area (Å²) in [7, 11) is 0. The van der Waals surface area contributed by atoms with Crippen LogP contribution in [0.5, 0.6) is 5.75 Å². The molecule has 1 aromatic carbocycles. The van der Waals surface area contributed by atoms with Crippen molar-refractivity contribution in [2.45, 2.75) is 110 Å². The van der Waals surface area contributed by atoms with E-state index in [1.165, 1.54) is 63.4 Å². The minimum atomic E-state index is 0.0800. The van der Waals surface area contributed by atoms with Crippen LogP contribution in [-0.4, -0.2) is 11.9 Å². The summed E-state index contributed by atoms with van der Waals surface area (Å²) in [6.45, 7) is 6.67. The number of unbranched alkanes of at least 4 members (excludes halogenated alkanes) is 8. The third kappa shape index (κ3) is 8.07. The maximum absolute atomic E-state index is 12.0. The number of rotatable bonds is 13. The number of carbonyl (C=O) groups excluding carboxylic acids is 1. The van der Waals surface area contributed by atoms with E-state index in [9.17, 15) is 4.79 Å². The molecule has 27 heavy (non-hydrogen) atoms. The Morgan fingerprint density at radius 1 is 0.889 bits per heavy atom. The zero-order valence-electron chi connectivity index (χ0n) is 17.8. The first-order chi connectivity index (χ1) is 13.1. The molecule has 0 radical (unpaired) electrons. The van der Waals surface area contributed by atoms with Crippen molar-refractivity contribution in [3.05, 3.63) is 29.8 Å². The minimum absolute atomic E-state index is 0.0800. The Labute approximate surface area is 167 Å². The molecule has 2 rings (SSSR count). The Bertz CT molecular complexity index is 532. The molecular formula is C25H40O2. The highest BCUT2D eigenvalue weighted by Crippen LogP contribution is 2.32. The van der Waals surface area contributed by atoms with Crippen molar-refractivity contribution in [1.29, 1.82) is 0 Å². The van der Waals surface area contributed by atoms with Crippen LogP contribution < -0.4 is 4.74 Å². The predicted octanol–water partition coefficient (Wildman–Crippen LogP) is 7.46. The smallest absolute Gasteiger partial charge is 0.137 e. The van der Waals surface area contributed by atoms with Gasteiger partial charge in [0.2, 0.25) is 0 Å². The van der Waals surface area contributed by atoms with Crippen LogP contribution in [0.15, 0.2) is 24.3 Å². The number of hydrogen-bond acceptors (Lipinski definition) is 2. The Kier molecular flexibility index (Phi) is 9.94. The second-order valence-electron chi connectivity index (χ2n) is 8.70. The van der Waals surface area contributed by atoms with Gasteiger partial charge in [0.1, 0.15) is 17.6 Å². The van der Waals surface area contributed by atoms with Crippen molar-refractivity contribution in [1.82, 2.24) is 0 Å². The number of hydrogen-bond donors (Lipinski definition) is 0. The summed E-state index contributed by atoms with van der Waals surface area (Å²) in [4.78, 5) is 12.0. The van der Waals surface area contributed by atoms with Gasteiger partial charge in [-0.15, -0.1) is 0 Å². The summed E-state index contributed by atoms with van der Waals surface area (Å²) in [6.07, 6.45) is 14.7. The van der Waals surface area contributed by atoms with Crippen LogP contribution in [0.2, 0.25) is 0 Å². The van der Waals surface area contributed by atoms with E-state index in [1.807, 2.05) is 0 Å². The summed E-state index contributed by atoms with van der Waals surface area (Å²) in [5, 5.41) is 0. The molecule has 0 bridgehead atoms. The molecule has 0 amide bonds. The minimum Gasteiger partial charge on any atom is -0.490 e. The van der Waals surface area contributed by atoms with Gasteiger partial charge in [-0.2, -0.15) is 0 Å². The van der Waals surface area contributed by atoms with E-state index in [0.29, 0.717) is 30.5 Å². The molecule has 0 aromatic heterocycles. The molecular weight excluding hydrogens is 332 g/mol. The summed E-state index contributed by atoms with van der Waals surface area (Å²) in [5.41, 5.74) is 1.33. The molecule has 1 saturated carbocycles. The van der Waals surface area contributed by atoms with Gasteiger partial charge in [0.25, 0.3) is 0 Å². The van der Waals surface area contributed by atoms with E-state index < -0.39 is 0 Å². The molecule has 1 aliphatic rings. The molecule has 0 unspecified atom stereocenters. The van der Waals surface area contributed by atoms with Crippen LogP contribution >= 0.6 is 0 Å². The lowest BCUT2D eigenvalue weighted by atomic mass is 9.96. The third-order valence-corrected chi connectivity index (χ3v) is 5.96. The lowest BCUT2D eigenvalue weighted by Gasteiger charge is -2.21. The van der Waals surface area contributed by atoms with Crippen molar-refractivity contribution in [2.75, 3.05) is 0 Å². The predicted molar refractivity (Wildman–Crippen MR) is 115 cm³/mol. The molecule has 2 heteroatoms. The lowest BCUT2D eigenvalue weighted by Crippen LogP contribution is -2.21. The van der Waals surface area contributed by atoms with Crippen LogP contribution in [-0.2, 0) is 4.79 Å². The fourth-order valence-corrected chi connectivity index (χ4v) is 4.15. The molecule has 0 heterocycles. The number of ether oxygens (including phenoxy) is 1. The monoisotopic (exact) mass is 372 g/mol. The quantitative estimate of drug-likeness (QED) is 0.336. The summed E-state index contributed by atoms with van der Waals surface area (Å²) >= 11 is 0. The largest absolute Gasteiger partial charge is 0.490 e. The van der Waals surface area contributed by atoms with Crippen molar-refractivity contribution >= 4 is 5.78 Å². The van der Waals surface area contributed by atoms with Gasteiger partial charge < -0.3 is 4.74 Å². The van der Waals surface area contributed by atoms with E-state index in [1.54, 1.807) is 0 Å². The van der Waals surface area contributed by atoms with Crippen molar-refractivity contribution in [2.24, 2.45) is 5.92 Å². The maximum Gasteiger partial charge on any atom is 0.137 e. The van der Waals surface area contributed by atoms with Crippen molar-refractivity contribution < 1.29 is 9.53 Å². The summed E-state index contributed by atoms with van der Waals surface area (Å²) in [5.74, 6) is 2.23. The number of carbonyl (C=O) groups is 1. The molecule has 0 spiro atoms. The van der Waals surface area contributed by atoms with Crippen LogP contribution in [0.4, 0.5) is 0 Å². The van der Waals surface area contributed by atoms with Gasteiger partial charge in [0.05, 0.1) is 0 Å². The zero-order chi connectivity index (χ0) is 19.5. The molecule has 0 aliphatic heterocycles. The van der Waals surface area contributed by atoms with E-state index in [-0.39, 0.29) is 6.10 Å². The first-order valence-corrected chi connectivity index (χ1v) is 11.4. The molecule has 0 N–H and O–H groups in total. The van der Waals surface area contributed by atoms with Gasteiger partial charge in [0.15, 0.2) is 0 Å². The van der Waals surface area contributed by atoms with Crippen LogP contribution in [0.1, 0.15) is 109 Å². The second kappa shape index (κ2) is 12.2. The maximum atomic E-state index is 12.0. The number of benzene rings is 1. The highest BCUT2D eigenvalue weighted by molar-refractivity contribution is 5.81. The summed E-state index contributed by atoms with van der Waals surface area (Å²) in [6, 6.07) is 8.42. The van der Waals surface area contributed by atoms with E-state index in [2.05, 4.69) is 45.0 Å². The highest BCUT2D eigenvalue weighted by atomic mass is 16.5. The highest BCUT2D eigenvalue weighted by Gasteiger charge is 2.34. The Morgan fingerprint density at radius 2 is 1.48 bits per heavy atom. The van der Waals surface area contributed by atoms with Crippen molar-refractivity contribution in [3.63, 3.8) is 0 Å². The van der Waals surface area contributed by atoms with Gasteiger partial charge in [-0.05, 0) is 30.0 Å². The van der Waals surface area contributed by atoms with E-state index >= 15 is 0 Å². The fourth-order valence-electron chi connectivity index (χ4n) is 4.15. The van der Waals surface area contributed by atoms with E-state index in [0.717, 1.165) is 12.2 Å². The molecule has 0 saturated heterocycles. The van der Waals surface area contributed by atoms with Gasteiger partial charge in [-0.25, -0.2) is 0 Å². The summed E-state index contributed by atoms with van der Waals surface area (Å²) < 4.78 is 6.21. The van der Waals surface area contributed by atoms with Crippen molar-refractivity contribution in [3.8, 4) is 5.75 Å². The zero-order valence-corrected chi connectivity index (χ0v) is 17.8. The number of Topliss-reactive ketones (excluding diaryl/α,β-unsaturated/α-hetero) is 1. The standard InChI is InChI=1S/C25H40O2/c1-4-5-6-7-8-9-10-11-12-13-22-18-23(26)19-25(22)27-24-16-14-21(15-17-24)20(2)3/h14-17,20,22,25H,4-13,18-19H2,1-3H3/t22-,25-/m0/s1. The van der Waals surface area contributed by atoms with E-state index in [4.69, 9.17) is 4.74 Å². The van der Waals surface area contributed by atoms with Gasteiger partial charge >= 0.3 is 0 Å². The van der Waals surface area contributed by atoms with Crippen LogP contribution in [0.3, 0.4) is 0 Å². The average Bonchev–Trinajstić information content (AvgIpc) is 3.00.